The van der Waals surface area contributed by atoms with E-state index in [4.69, 9.17) is 11.6 Å². The van der Waals surface area contributed by atoms with Gasteiger partial charge < -0.3 is 0 Å². The summed E-state index contributed by atoms with van der Waals surface area (Å²) in [6.45, 7) is 1.95. The first-order valence-electron chi connectivity index (χ1n) is 5.40. The van der Waals surface area contributed by atoms with Gasteiger partial charge in [0.25, 0.3) is 0 Å². The van der Waals surface area contributed by atoms with E-state index in [2.05, 4.69) is 0 Å². The molecule has 2 aromatic carbocycles. The minimum Gasteiger partial charge on any atom is -0.268 e. The van der Waals surface area contributed by atoms with Crippen LogP contribution in [0.5, 0.6) is 0 Å². The Morgan fingerprint density at radius 1 is 1.00 bits per heavy atom. The molecule has 0 fully saturated rings. The summed E-state index contributed by atoms with van der Waals surface area (Å²) in [6.07, 6.45) is 0. The second-order valence-electron chi connectivity index (χ2n) is 3.90. The van der Waals surface area contributed by atoms with Crippen molar-refractivity contribution < 1.29 is 9.18 Å². The maximum atomic E-state index is 12.9. The molecule has 0 spiro atoms. The van der Waals surface area contributed by atoms with Crippen molar-refractivity contribution >= 4 is 28.3 Å². The van der Waals surface area contributed by atoms with Crippen LogP contribution < -0.4 is 4.90 Å². The van der Waals surface area contributed by atoms with Crippen molar-refractivity contribution in [3.8, 4) is 0 Å². The van der Waals surface area contributed by atoms with Crippen LogP contribution in [-0.2, 0) is 0 Å². The fraction of sp³-hybridized carbons (Fsp3) is 0.0714. The second-order valence-corrected chi connectivity index (χ2v) is 4.22. The van der Waals surface area contributed by atoms with Crippen LogP contribution in [0.25, 0.3) is 0 Å². The molecule has 0 aliphatic heterocycles. The van der Waals surface area contributed by atoms with Crippen LogP contribution >= 0.6 is 11.6 Å². The Morgan fingerprint density at radius 2 is 1.44 bits per heavy atom. The van der Waals surface area contributed by atoms with Gasteiger partial charge in [-0.1, -0.05) is 17.7 Å². The quantitative estimate of drug-likeness (QED) is 0.571. The van der Waals surface area contributed by atoms with Gasteiger partial charge in [0.1, 0.15) is 5.82 Å². The Kier molecular flexibility index (Phi) is 3.63. The predicted octanol–water partition coefficient (Wildman–Crippen LogP) is 4.63. The first kappa shape index (κ1) is 12.6. The average molecular weight is 264 g/mol. The Balaban J connectivity index is 2.43. The van der Waals surface area contributed by atoms with E-state index in [0.717, 1.165) is 5.56 Å². The van der Waals surface area contributed by atoms with E-state index in [0.29, 0.717) is 11.4 Å². The van der Waals surface area contributed by atoms with Gasteiger partial charge in [-0.3, -0.25) is 9.69 Å². The molecule has 0 atom stereocenters. The van der Waals surface area contributed by atoms with Gasteiger partial charge in [-0.05, 0) is 54.9 Å². The zero-order chi connectivity index (χ0) is 13.1. The number of carbonyl (C=O) groups excluding carboxylic acids is 1. The van der Waals surface area contributed by atoms with Crippen LogP contribution in [-0.4, -0.2) is 5.37 Å². The Labute approximate surface area is 110 Å². The normalized spacial score (nSPS) is 10.2. The Bertz CT molecular complexity index is 506. The van der Waals surface area contributed by atoms with Crippen molar-refractivity contribution in [2.75, 3.05) is 4.90 Å². The number of nitrogens with zero attached hydrogens (tertiary/aromatic N) is 1. The maximum absolute atomic E-state index is 12.9. The third kappa shape index (κ3) is 2.68. The third-order valence-electron chi connectivity index (χ3n) is 2.55. The van der Waals surface area contributed by atoms with E-state index in [1.165, 1.54) is 29.2 Å². The third-order valence-corrected chi connectivity index (χ3v) is 2.72. The minimum atomic E-state index is -0.634. The fourth-order valence-corrected chi connectivity index (χ4v) is 1.83. The number of halogens is 2. The molecular formula is C14H11ClFNO. The molecule has 0 aliphatic rings. The van der Waals surface area contributed by atoms with Crippen LogP contribution in [0.2, 0.25) is 0 Å². The van der Waals surface area contributed by atoms with Gasteiger partial charge in [0.2, 0.25) is 0 Å². The van der Waals surface area contributed by atoms with Gasteiger partial charge in [0, 0.05) is 0 Å². The van der Waals surface area contributed by atoms with Crippen LogP contribution in [0.4, 0.5) is 20.6 Å². The average Bonchev–Trinajstić information content (AvgIpc) is 2.34. The largest absolute Gasteiger partial charge is 0.325 e. The summed E-state index contributed by atoms with van der Waals surface area (Å²) in [7, 11) is 0. The minimum absolute atomic E-state index is 0.357. The van der Waals surface area contributed by atoms with Crippen molar-refractivity contribution in [2.45, 2.75) is 6.92 Å². The molecule has 2 nitrogen and oxygen atoms in total. The molecule has 0 heterocycles. The van der Waals surface area contributed by atoms with Gasteiger partial charge in [-0.25, -0.2) is 4.39 Å². The predicted molar refractivity (Wildman–Crippen MR) is 71.0 cm³/mol. The monoisotopic (exact) mass is 263 g/mol. The first-order chi connectivity index (χ1) is 8.58. The lowest BCUT2D eigenvalue weighted by Gasteiger charge is -2.20. The van der Waals surface area contributed by atoms with E-state index in [-0.39, 0.29) is 5.82 Å². The molecule has 4 heteroatoms. The number of hydrogen-bond acceptors (Lipinski definition) is 1. The Hall–Kier alpha value is -1.87. The summed E-state index contributed by atoms with van der Waals surface area (Å²) >= 11 is 5.59. The Morgan fingerprint density at radius 3 is 1.89 bits per heavy atom. The molecular weight excluding hydrogens is 253 g/mol. The number of rotatable bonds is 2. The summed E-state index contributed by atoms with van der Waals surface area (Å²) in [5.74, 6) is -0.357. The van der Waals surface area contributed by atoms with Gasteiger partial charge in [0.15, 0.2) is 0 Å². The van der Waals surface area contributed by atoms with Crippen molar-refractivity contribution in [1.29, 1.82) is 0 Å². The van der Waals surface area contributed by atoms with Crippen LogP contribution in [0.15, 0.2) is 48.5 Å². The zero-order valence-corrected chi connectivity index (χ0v) is 10.5. The molecule has 0 bridgehead atoms. The van der Waals surface area contributed by atoms with Crippen molar-refractivity contribution in [1.82, 2.24) is 0 Å². The summed E-state index contributed by atoms with van der Waals surface area (Å²) in [4.78, 5) is 12.8. The smallest absolute Gasteiger partial charge is 0.268 e. The highest BCUT2D eigenvalue weighted by atomic mass is 35.5. The molecule has 92 valence electrons. The number of aryl methyl sites for hydroxylation is 1. The summed E-state index contributed by atoms with van der Waals surface area (Å²) in [5, 5.41) is -0.634. The molecule has 0 N–H and O–H groups in total. The molecule has 2 aromatic rings. The maximum Gasteiger partial charge on any atom is 0.325 e. The van der Waals surface area contributed by atoms with Gasteiger partial charge in [-0.2, -0.15) is 0 Å². The van der Waals surface area contributed by atoms with Crippen LogP contribution in [0.1, 0.15) is 5.56 Å². The highest BCUT2D eigenvalue weighted by Gasteiger charge is 2.15. The van der Waals surface area contributed by atoms with E-state index >= 15 is 0 Å². The number of anilines is 2. The fourth-order valence-electron chi connectivity index (χ4n) is 1.64. The van der Waals surface area contributed by atoms with Gasteiger partial charge >= 0.3 is 5.37 Å². The molecule has 2 rings (SSSR count). The van der Waals surface area contributed by atoms with E-state index in [1.807, 2.05) is 19.1 Å². The molecule has 0 unspecified atom stereocenters. The number of benzene rings is 2. The highest BCUT2D eigenvalue weighted by Crippen LogP contribution is 2.27. The van der Waals surface area contributed by atoms with Crippen molar-refractivity contribution in [2.24, 2.45) is 0 Å². The zero-order valence-electron chi connectivity index (χ0n) is 9.73. The van der Waals surface area contributed by atoms with Gasteiger partial charge in [-0.15, -0.1) is 0 Å². The first-order valence-corrected chi connectivity index (χ1v) is 5.77. The molecule has 0 aliphatic carbocycles. The van der Waals surface area contributed by atoms with Crippen LogP contribution in [0.3, 0.4) is 0 Å². The van der Waals surface area contributed by atoms with Gasteiger partial charge in [0.05, 0.1) is 11.4 Å². The number of amides is 1. The summed E-state index contributed by atoms with van der Waals surface area (Å²) in [5.41, 5.74) is 2.26. The number of hydrogen-bond donors (Lipinski definition) is 0. The van der Waals surface area contributed by atoms with E-state index < -0.39 is 5.37 Å². The SMILES string of the molecule is Cc1ccc(N(C(=O)Cl)c2ccc(F)cc2)cc1. The van der Waals surface area contributed by atoms with E-state index in [1.54, 1.807) is 12.1 Å². The highest BCUT2D eigenvalue weighted by molar-refractivity contribution is 6.66. The molecule has 0 saturated heterocycles. The van der Waals surface area contributed by atoms with E-state index in [9.17, 15) is 9.18 Å². The van der Waals surface area contributed by atoms with Crippen molar-refractivity contribution in [3.05, 3.63) is 59.9 Å². The lowest BCUT2D eigenvalue weighted by atomic mass is 10.2. The molecule has 0 saturated carbocycles. The van der Waals surface area contributed by atoms with Crippen LogP contribution in [0, 0.1) is 12.7 Å². The topological polar surface area (TPSA) is 20.3 Å². The molecule has 1 amide bonds. The molecule has 0 aromatic heterocycles. The lowest BCUT2D eigenvalue weighted by molar-refractivity contribution is 0.266. The molecule has 0 radical (unpaired) electrons. The lowest BCUT2D eigenvalue weighted by Crippen LogP contribution is -2.19. The summed E-state index contributed by atoms with van der Waals surface area (Å²) < 4.78 is 12.9. The molecule has 18 heavy (non-hydrogen) atoms. The van der Waals surface area contributed by atoms with Crippen molar-refractivity contribution in [3.63, 3.8) is 0 Å². The summed E-state index contributed by atoms with van der Waals surface area (Å²) in [6, 6.07) is 12.9. The standard InChI is InChI=1S/C14H11ClFNO/c1-10-2-6-12(7-3-10)17(14(15)18)13-8-4-11(16)5-9-13/h2-9H,1H3. The second kappa shape index (κ2) is 5.19. The number of carbonyl (C=O) groups is 1.